The zero-order valence-corrected chi connectivity index (χ0v) is 13.5. The fourth-order valence-corrected chi connectivity index (χ4v) is 4.52. The van der Waals surface area contributed by atoms with Gasteiger partial charge in [-0.3, -0.25) is 0 Å². The summed E-state index contributed by atoms with van der Waals surface area (Å²) in [5.74, 6) is 1.35. The van der Waals surface area contributed by atoms with E-state index in [2.05, 4.69) is 26.2 Å². The second kappa shape index (κ2) is 5.76. The molecular weight excluding hydrogens is 330 g/mol. The van der Waals surface area contributed by atoms with Crippen LogP contribution in [0.25, 0.3) is 0 Å². The molecule has 7 heteroatoms. The molecule has 0 aliphatic carbocycles. The minimum Gasteiger partial charge on any atom is -0.355 e. The summed E-state index contributed by atoms with van der Waals surface area (Å²) in [4.78, 5) is 6.42. The Morgan fingerprint density at radius 3 is 2.89 bits per heavy atom. The standard InChI is InChI=1S/C12H18BrN3O2S/c1-14-6-9-5-10(13)7-15-12(9)16(2)11-3-4-19(17,18)8-11/h5,7,11,14H,3-4,6,8H2,1-2H3. The molecule has 1 aliphatic rings. The number of anilines is 1. The summed E-state index contributed by atoms with van der Waals surface area (Å²) in [6.45, 7) is 0.700. The number of rotatable bonds is 4. The van der Waals surface area contributed by atoms with Gasteiger partial charge < -0.3 is 10.2 Å². The van der Waals surface area contributed by atoms with Gasteiger partial charge in [-0.25, -0.2) is 13.4 Å². The molecule has 0 amide bonds. The van der Waals surface area contributed by atoms with Crippen LogP contribution >= 0.6 is 15.9 Å². The maximum Gasteiger partial charge on any atom is 0.152 e. The van der Waals surface area contributed by atoms with Gasteiger partial charge in [-0.1, -0.05) is 0 Å². The van der Waals surface area contributed by atoms with Crippen LogP contribution < -0.4 is 10.2 Å². The van der Waals surface area contributed by atoms with E-state index in [1.807, 2.05) is 25.1 Å². The van der Waals surface area contributed by atoms with E-state index in [1.54, 1.807) is 6.20 Å². The Morgan fingerprint density at radius 1 is 1.58 bits per heavy atom. The molecule has 1 N–H and O–H groups in total. The van der Waals surface area contributed by atoms with Gasteiger partial charge in [0.25, 0.3) is 0 Å². The van der Waals surface area contributed by atoms with Gasteiger partial charge in [0.1, 0.15) is 5.82 Å². The molecule has 1 saturated heterocycles. The summed E-state index contributed by atoms with van der Waals surface area (Å²) in [5, 5.41) is 3.11. The van der Waals surface area contributed by atoms with E-state index in [1.165, 1.54) is 0 Å². The molecule has 19 heavy (non-hydrogen) atoms. The highest BCUT2D eigenvalue weighted by Crippen LogP contribution is 2.26. The van der Waals surface area contributed by atoms with Crippen LogP contribution in [0.2, 0.25) is 0 Å². The molecule has 0 bridgehead atoms. The highest BCUT2D eigenvalue weighted by Gasteiger charge is 2.31. The van der Waals surface area contributed by atoms with Crippen LogP contribution in [0.5, 0.6) is 0 Å². The van der Waals surface area contributed by atoms with E-state index in [9.17, 15) is 8.42 Å². The maximum atomic E-state index is 11.6. The molecule has 1 unspecified atom stereocenters. The molecule has 1 aromatic heterocycles. The number of sulfone groups is 1. The minimum absolute atomic E-state index is 0.0225. The van der Waals surface area contributed by atoms with Crippen molar-refractivity contribution in [3.8, 4) is 0 Å². The smallest absolute Gasteiger partial charge is 0.152 e. The van der Waals surface area contributed by atoms with Gasteiger partial charge in [-0.15, -0.1) is 0 Å². The monoisotopic (exact) mass is 347 g/mol. The van der Waals surface area contributed by atoms with Crippen LogP contribution in [0, 0.1) is 0 Å². The minimum atomic E-state index is -2.88. The molecule has 1 fully saturated rings. The lowest BCUT2D eigenvalue weighted by atomic mass is 10.2. The lowest BCUT2D eigenvalue weighted by Crippen LogP contribution is -2.34. The Bertz CT molecular complexity index is 562. The summed E-state index contributed by atoms with van der Waals surface area (Å²) < 4.78 is 24.1. The molecule has 2 rings (SSSR count). The van der Waals surface area contributed by atoms with Crippen molar-refractivity contribution in [1.82, 2.24) is 10.3 Å². The normalized spacial score (nSPS) is 21.5. The predicted molar refractivity (Wildman–Crippen MR) is 80.2 cm³/mol. The van der Waals surface area contributed by atoms with Crippen molar-refractivity contribution in [2.24, 2.45) is 0 Å². The van der Waals surface area contributed by atoms with Crippen LogP contribution in [-0.2, 0) is 16.4 Å². The quantitative estimate of drug-likeness (QED) is 0.886. The Kier molecular flexibility index (Phi) is 4.47. The van der Waals surface area contributed by atoms with E-state index < -0.39 is 9.84 Å². The fraction of sp³-hybridized carbons (Fsp3) is 0.583. The zero-order valence-electron chi connectivity index (χ0n) is 11.1. The lowest BCUT2D eigenvalue weighted by Gasteiger charge is -2.26. The summed E-state index contributed by atoms with van der Waals surface area (Å²) in [7, 11) is 0.921. The van der Waals surface area contributed by atoms with E-state index in [4.69, 9.17) is 0 Å². The van der Waals surface area contributed by atoms with Crippen molar-refractivity contribution in [2.75, 3.05) is 30.5 Å². The largest absolute Gasteiger partial charge is 0.355 e. The molecular formula is C12H18BrN3O2S. The number of nitrogens with one attached hydrogen (secondary N) is 1. The van der Waals surface area contributed by atoms with Crippen LogP contribution in [0.15, 0.2) is 16.7 Å². The first-order valence-corrected chi connectivity index (χ1v) is 8.76. The maximum absolute atomic E-state index is 11.6. The Hall–Kier alpha value is -0.660. The Morgan fingerprint density at radius 2 is 2.32 bits per heavy atom. The molecule has 0 spiro atoms. The van der Waals surface area contributed by atoms with Crippen molar-refractivity contribution < 1.29 is 8.42 Å². The fourth-order valence-electron chi connectivity index (χ4n) is 2.37. The van der Waals surface area contributed by atoms with E-state index in [0.29, 0.717) is 13.0 Å². The lowest BCUT2D eigenvalue weighted by molar-refractivity contribution is 0.600. The predicted octanol–water partition coefficient (Wildman–Crippen LogP) is 1.19. The molecule has 1 aromatic rings. The first kappa shape index (κ1) is 14.7. The van der Waals surface area contributed by atoms with Crippen molar-refractivity contribution in [3.05, 3.63) is 22.3 Å². The summed E-state index contributed by atoms with van der Waals surface area (Å²) in [5.41, 5.74) is 1.06. The van der Waals surface area contributed by atoms with Gasteiger partial charge in [0.15, 0.2) is 9.84 Å². The summed E-state index contributed by atoms with van der Waals surface area (Å²) >= 11 is 3.41. The topological polar surface area (TPSA) is 62.3 Å². The number of nitrogens with zero attached hydrogens (tertiary/aromatic N) is 2. The second-order valence-corrected chi connectivity index (χ2v) is 7.98. The molecule has 1 aliphatic heterocycles. The van der Waals surface area contributed by atoms with E-state index in [-0.39, 0.29) is 17.5 Å². The highest BCUT2D eigenvalue weighted by atomic mass is 79.9. The molecule has 106 valence electrons. The summed E-state index contributed by atoms with van der Waals surface area (Å²) in [6.07, 6.45) is 2.42. The Labute approximate surface area is 122 Å². The van der Waals surface area contributed by atoms with E-state index >= 15 is 0 Å². The first-order chi connectivity index (χ1) is 8.93. The molecule has 5 nitrogen and oxygen atoms in total. The average Bonchev–Trinajstić information content (AvgIpc) is 2.70. The number of pyridine rings is 1. The number of halogens is 1. The molecule has 0 radical (unpaired) electrons. The van der Waals surface area contributed by atoms with E-state index in [0.717, 1.165) is 15.9 Å². The van der Waals surface area contributed by atoms with Crippen molar-refractivity contribution in [1.29, 1.82) is 0 Å². The summed E-state index contributed by atoms with van der Waals surface area (Å²) in [6, 6.07) is 2.04. The second-order valence-electron chi connectivity index (χ2n) is 4.83. The van der Waals surface area contributed by atoms with Crippen molar-refractivity contribution in [2.45, 2.75) is 19.0 Å². The number of hydrogen-bond acceptors (Lipinski definition) is 5. The number of aromatic nitrogens is 1. The third kappa shape index (κ3) is 3.46. The Balaban J connectivity index is 2.26. The molecule has 0 aromatic carbocycles. The highest BCUT2D eigenvalue weighted by molar-refractivity contribution is 9.10. The molecule has 2 heterocycles. The molecule has 1 atom stereocenters. The van der Waals surface area contributed by atoms with Gasteiger partial charge in [-0.05, 0) is 35.5 Å². The SMILES string of the molecule is CNCc1cc(Br)cnc1N(C)C1CCS(=O)(=O)C1. The van der Waals surface area contributed by atoms with Crippen molar-refractivity contribution in [3.63, 3.8) is 0 Å². The van der Waals surface area contributed by atoms with Gasteiger partial charge in [-0.2, -0.15) is 0 Å². The van der Waals surface area contributed by atoms with Gasteiger partial charge >= 0.3 is 0 Å². The first-order valence-electron chi connectivity index (χ1n) is 6.15. The van der Waals surface area contributed by atoms with Gasteiger partial charge in [0, 0.05) is 35.9 Å². The zero-order chi connectivity index (χ0) is 14.0. The molecule has 0 saturated carbocycles. The third-order valence-corrected chi connectivity index (χ3v) is 5.55. The average molecular weight is 348 g/mol. The van der Waals surface area contributed by atoms with Crippen LogP contribution in [0.1, 0.15) is 12.0 Å². The van der Waals surface area contributed by atoms with Gasteiger partial charge in [0.05, 0.1) is 11.5 Å². The third-order valence-electron chi connectivity index (χ3n) is 3.37. The van der Waals surface area contributed by atoms with Crippen LogP contribution in [0.3, 0.4) is 0 Å². The number of hydrogen-bond donors (Lipinski definition) is 1. The van der Waals surface area contributed by atoms with Crippen LogP contribution in [-0.4, -0.2) is 45.0 Å². The van der Waals surface area contributed by atoms with Gasteiger partial charge in [0.2, 0.25) is 0 Å². The van der Waals surface area contributed by atoms with Crippen molar-refractivity contribution >= 4 is 31.6 Å². The van der Waals surface area contributed by atoms with Crippen LogP contribution in [0.4, 0.5) is 5.82 Å².